The number of sulfone groups is 1. The number of aromatic nitrogens is 2. The van der Waals surface area contributed by atoms with Gasteiger partial charge in [-0.15, -0.1) is 0 Å². The van der Waals surface area contributed by atoms with Crippen molar-refractivity contribution in [2.45, 2.75) is 31.7 Å². The molecule has 1 aromatic heterocycles. The zero-order valence-corrected chi connectivity index (χ0v) is 17.7. The molecule has 0 fully saturated rings. The largest absolute Gasteiger partial charge is 0.422 e. The quantitative estimate of drug-likeness (QED) is 0.341. The monoisotopic (exact) mass is 430 g/mol. The second-order valence-electron chi connectivity index (χ2n) is 6.81. The summed E-state index contributed by atoms with van der Waals surface area (Å²) in [4.78, 5) is 20.3. The second-order valence-corrected chi connectivity index (χ2v) is 9.10. The summed E-state index contributed by atoms with van der Waals surface area (Å²) in [7, 11) is -3.88. The first kappa shape index (κ1) is 21.0. The molecule has 0 aliphatic heterocycles. The first-order chi connectivity index (χ1) is 13.6. The van der Waals surface area contributed by atoms with Gasteiger partial charge in [0.15, 0.2) is 5.69 Å². The number of hydrogen-bond donors (Lipinski definition) is 0. The maximum Gasteiger partial charge on any atom is 0.364 e. The molecular weight excluding hydrogens is 412 g/mol. The van der Waals surface area contributed by atoms with Gasteiger partial charge in [0, 0.05) is 0 Å². The lowest BCUT2D eigenvalue weighted by Crippen LogP contribution is -2.16. The van der Waals surface area contributed by atoms with Crippen LogP contribution < -0.4 is 4.74 Å². The first-order valence-corrected chi connectivity index (χ1v) is 10.8. The van der Waals surface area contributed by atoms with Gasteiger partial charge in [0.2, 0.25) is 15.0 Å². The van der Waals surface area contributed by atoms with Crippen molar-refractivity contribution in [1.82, 2.24) is 9.97 Å². The highest BCUT2D eigenvalue weighted by atomic mass is 35.5. The Balaban J connectivity index is 1.89. The molecule has 0 spiro atoms. The maximum atomic E-state index is 12.7. The smallest absolute Gasteiger partial charge is 0.364 e. The Labute approximate surface area is 174 Å². The van der Waals surface area contributed by atoms with E-state index in [4.69, 9.17) is 16.3 Å². The molecule has 0 aliphatic rings. The van der Waals surface area contributed by atoms with E-state index in [0.717, 1.165) is 22.9 Å². The molecule has 0 atom stereocenters. The third kappa shape index (κ3) is 5.19. The van der Waals surface area contributed by atoms with Crippen molar-refractivity contribution in [3.8, 4) is 5.75 Å². The Morgan fingerprint density at radius 2 is 1.72 bits per heavy atom. The molecule has 2 aromatic carbocycles. The van der Waals surface area contributed by atoms with Crippen LogP contribution in [0.15, 0.2) is 53.8 Å². The first-order valence-electron chi connectivity index (χ1n) is 8.75. The van der Waals surface area contributed by atoms with Crippen molar-refractivity contribution in [1.29, 1.82) is 0 Å². The lowest BCUT2D eigenvalue weighted by molar-refractivity contribution is 0.0727. The molecule has 0 amide bonds. The molecule has 0 aliphatic carbocycles. The number of nitrogens with zero attached hydrogens (tertiary/aromatic N) is 2. The minimum atomic E-state index is -3.88. The summed E-state index contributed by atoms with van der Waals surface area (Å²) in [6.07, 6.45) is 1.09. The van der Waals surface area contributed by atoms with Crippen LogP contribution in [0, 0.1) is 20.8 Å². The molecule has 0 saturated heterocycles. The third-order valence-corrected chi connectivity index (χ3v) is 5.78. The average molecular weight is 431 g/mol. The van der Waals surface area contributed by atoms with Crippen LogP contribution in [0.4, 0.5) is 0 Å². The molecular formula is C21H19ClN2O4S. The zero-order chi connectivity index (χ0) is 21.2. The molecule has 0 N–H and O–H groups in total. The van der Waals surface area contributed by atoms with E-state index in [1.54, 1.807) is 30.3 Å². The fourth-order valence-corrected chi connectivity index (χ4v) is 4.24. The van der Waals surface area contributed by atoms with Gasteiger partial charge in [0.25, 0.3) is 0 Å². The number of carbonyl (C=O) groups is 1. The predicted molar refractivity (Wildman–Crippen MR) is 110 cm³/mol. The molecule has 3 rings (SSSR count). The topological polar surface area (TPSA) is 86.2 Å². The number of ether oxygens (including phenoxy) is 1. The number of rotatable bonds is 5. The summed E-state index contributed by atoms with van der Waals surface area (Å²) in [5.41, 5.74) is 3.07. The summed E-state index contributed by atoms with van der Waals surface area (Å²) in [6, 6.07) is 12.4. The van der Waals surface area contributed by atoms with Crippen molar-refractivity contribution in [2.24, 2.45) is 0 Å². The lowest BCUT2D eigenvalue weighted by Gasteiger charge is -2.09. The SMILES string of the molecule is Cc1cccc(CS(=O)(=O)c2ncc(Cl)c(C(=O)Oc3cc(C)cc(C)c3)n2)c1. The predicted octanol–water partition coefficient (Wildman–Crippen LogP) is 4.25. The van der Waals surface area contributed by atoms with E-state index in [9.17, 15) is 13.2 Å². The second kappa shape index (κ2) is 8.31. The number of halogens is 1. The van der Waals surface area contributed by atoms with Gasteiger partial charge in [0.1, 0.15) is 5.75 Å². The molecule has 3 aromatic rings. The Bertz CT molecular complexity index is 1170. The van der Waals surface area contributed by atoms with E-state index in [1.807, 2.05) is 32.9 Å². The number of esters is 1. The van der Waals surface area contributed by atoms with E-state index in [0.29, 0.717) is 11.3 Å². The van der Waals surface area contributed by atoms with E-state index < -0.39 is 21.0 Å². The van der Waals surface area contributed by atoms with Gasteiger partial charge < -0.3 is 4.74 Å². The fraction of sp³-hybridized carbons (Fsp3) is 0.190. The van der Waals surface area contributed by atoms with Gasteiger partial charge in [-0.3, -0.25) is 0 Å². The van der Waals surface area contributed by atoms with E-state index >= 15 is 0 Å². The average Bonchev–Trinajstić information content (AvgIpc) is 2.60. The number of hydrogen-bond acceptors (Lipinski definition) is 6. The fourth-order valence-electron chi connectivity index (χ4n) is 2.88. The number of carbonyl (C=O) groups excluding carboxylic acids is 1. The van der Waals surface area contributed by atoms with E-state index in [2.05, 4.69) is 9.97 Å². The van der Waals surface area contributed by atoms with Crippen molar-refractivity contribution in [3.63, 3.8) is 0 Å². The molecule has 6 nitrogen and oxygen atoms in total. The van der Waals surface area contributed by atoms with Crippen LogP contribution in [0.3, 0.4) is 0 Å². The molecule has 1 heterocycles. The van der Waals surface area contributed by atoms with Crippen molar-refractivity contribution >= 4 is 27.4 Å². The van der Waals surface area contributed by atoms with E-state index in [-0.39, 0.29) is 16.5 Å². The third-order valence-electron chi connectivity index (χ3n) is 4.04. The standard InChI is InChI=1S/C21H19ClN2O4S/c1-13-5-4-6-16(8-13)12-29(26,27)21-23-11-18(22)19(24-21)20(25)28-17-9-14(2)7-15(3)10-17/h4-11H,12H2,1-3H3. The summed E-state index contributed by atoms with van der Waals surface area (Å²) in [5.74, 6) is -0.817. The van der Waals surface area contributed by atoms with Crippen LogP contribution in [0.5, 0.6) is 5.75 Å². The van der Waals surface area contributed by atoms with Gasteiger partial charge in [-0.1, -0.05) is 47.5 Å². The summed E-state index contributed by atoms with van der Waals surface area (Å²) >= 11 is 6.03. The van der Waals surface area contributed by atoms with Crippen LogP contribution >= 0.6 is 11.6 Å². The van der Waals surface area contributed by atoms with Gasteiger partial charge in [-0.2, -0.15) is 0 Å². The molecule has 8 heteroatoms. The highest BCUT2D eigenvalue weighted by Crippen LogP contribution is 2.22. The van der Waals surface area contributed by atoms with Crippen LogP contribution in [0.25, 0.3) is 0 Å². The van der Waals surface area contributed by atoms with Crippen molar-refractivity contribution < 1.29 is 17.9 Å². The van der Waals surface area contributed by atoms with Crippen LogP contribution in [0.2, 0.25) is 5.02 Å². The Hall–Kier alpha value is -2.77. The molecule has 0 saturated carbocycles. The summed E-state index contributed by atoms with van der Waals surface area (Å²) < 4.78 is 30.8. The van der Waals surface area contributed by atoms with Crippen molar-refractivity contribution in [2.75, 3.05) is 0 Å². The highest BCUT2D eigenvalue weighted by Gasteiger charge is 2.24. The molecule has 0 radical (unpaired) electrons. The molecule has 0 unspecified atom stereocenters. The van der Waals surface area contributed by atoms with Crippen LogP contribution in [-0.2, 0) is 15.6 Å². The Morgan fingerprint density at radius 3 is 2.38 bits per heavy atom. The minimum absolute atomic E-state index is 0.0890. The molecule has 0 bridgehead atoms. The van der Waals surface area contributed by atoms with Gasteiger partial charge >= 0.3 is 5.97 Å². The maximum absolute atomic E-state index is 12.7. The molecule has 29 heavy (non-hydrogen) atoms. The van der Waals surface area contributed by atoms with Crippen LogP contribution in [0.1, 0.15) is 32.7 Å². The minimum Gasteiger partial charge on any atom is -0.422 e. The Morgan fingerprint density at radius 1 is 1.03 bits per heavy atom. The number of benzene rings is 2. The summed E-state index contributed by atoms with van der Waals surface area (Å²) in [5, 5.41) is -0.565. The van der Waals surface area contributed by atoms with Crippen molar-refractivity contribution in [3.05, 3.63) is 81.6 Å². The highest BCUT2D eigenvalue weighted by molar-refractivity contribution is 7.90. The zero-order valence-electron chi connectivity index (χ0n) is 16.1. The van der Waals surface area contributed by atoms with Gasteiger partial charge in [-0.25, -0.2) is 23.2 Å². The van der Waals surface area contributed by atoms with E-state index in [1.165, 1.54) is 0 Å². The molecule has 150 valence electrons. The normalized spacial score (nSPS) is 11.3. The van der Waals surface area contributed by atoms with Crippen LogP contribution in [-0.4, -0.2) is 24.4 Å². The van der Waals surface area contributed by atoms with Gasteiger partial charge in [0.05, 0.1) is 17.0 Å². The summed E-state index contributed by atoms with van der Waals surface area (Å²) in [6.45, 7) is 5.62. The van der Waals surface area contributed by atoms with Gasteiger partial charge in [-0.05, 0) is 49.6 Å². The number of aryl methyl sites for hydroxylation is 3. The Kier molecular flexibility index (Phi) is 6.00. The lowest BCUT2D eigenvalue weighted by atomic mass is 10.1.